The second-order valence-corrected chi connectivity index (χ2v) is 11.9. The number of ketones is 1. The number of fused-ring (bicyclic) bond motifs is 1. The van der Waals surface area contributed by atoms with Gasteiger partial charge in [0.05, 0.1) is 6.54 Å². The van der Waals surface area contributed by atoms with Crippen LogP contribution in [0.3, 0.4) is 0 Å². The topological polar surface area (TPSA) is 91.4 Å². The number of methoxy groups -OCH3 is 1. The Morgan fingerprint density at radius 3 is 2.32 bits per heavy atom. The number of carbonyl (C=O) groups is 3. The summed E-state index contributed by atoms with van der Waals surface area (Å²) in [5, 5.41) is 2.97. The van der Waals surface area contributed by atoms with Crippen LogP contribution in [0.5, 0.6) is 0 Å². The second-order valence-electron chi connectivity index (χ2n) is 11.9. The molecular weight excluding hydrogens is 472 g/mol. The fourth-order valence-corrected chi connectivity index (χ4v) is 5.62. The third-order valence-corrected chi connectivity index (χ3v) is 7.68. The van der Waals surface area contributed by atoms with Crippen molar-refractivity contribution in [2.24, 2.45) is 5.41 Å². The van der Waals surface area contributed by atoms with Crippen molar-refractivity contribution in [3.05, 3.63) is 29.8 Å². The van der Waals surface area contributed by atoms with Gasteiger partial charge in [0, 0.05) is 50.6 Å². The van der Waals surface area contributed by atoms with Crippen LogP contribution in [-0.4, -0.2) is 104 Å². The predicted molar refractivity (Wildman–Crippen MR) is 142 cm³/mol. The first-order valence-electron chi connectivity index (χ1n) is 13.4. The lowest BCUT2D eigenvalue weighted by Gasteiger charge is -2.38. The van der Waals surface area contributed by atoms with Gasteiger partial charge in [-0.2, -0.15) is 0 Å². The smallest absolute Gasteiger partial charge is 0.251 e. The van der Waals surface area contributed by atoms with E-state index in [0.717, 1.165) is 31.9 Å². The third-order valence-electron chi connectivity index (χ3n) is 7.68. The molecule has 1 unspecified atom stereocenters. The largest absolute Gasteiger partial charge is 0.377 e. The molecule has 9 heteroatoms. The fraction of sp³-hybridized carbons (Fsp3) is 0.679. The molecule has 9 nitrogen and oxygen atoms in total. The Labute approximate surface area is 220 Å². The van der Waals surface area contributed by atoms with Gasteiger partial charge in [0.25, 0.3) is 5.91 Å². The van der Waals surface area contributed by atoms with E-state index in [-0.39, 0.29) is 42.3 Å². The minimum absolute atomic E-state index is 0.0197. The van der Waals surface area contributed by atoms with Crippen LogP contribution in [0.1, 0.15) is 51.4 Å². The number of rotatable bonds is 7. The highest BCUT2D eigenvalue weighted by molar-refractivity contribution is 5.99. The average molecular weight is 515 g/mol. The first-order valence-corrected chi connectivity index (χ1v) is 13.4. The summed E-state index contributed by atoms with van der Waals surface area (Å²) in [4.78, 5) is 45.8. The number of nitrogens with one attached hydrogen (secondary N) is 1. The summed E-state index contributed by atoms with van der Waals surface area (Å²) in [5.74, 6) is -0.688. The average Bonchev–Trinajstić information content (AvgIpc) is 3.42. The van der Waals surface area contributed by atoms with Crippen molar-refractivity contribution in [2.75, 3.05) is 51.3 Å². The molecule has 3 saturated heterocycles. The molecule has 0 bridgehead atoms. The molecule has 2 amide bonds. The van der Waals surface area contributed by atoms with Crippen LogP contribution in [0.25, 0.3) is 0 Å². The molecule has 0 radical (unpaired) electrons. The molecule has 1 N–H and O–H groups in total. The molecule has 3 aliphatic rings. The number of anilines is 1. The second kappa shape index (κ2) is 11.1. The van der Waals surface area contributed by atoms with Crippen LogP contribution < -0.4 is 10.2 Å². The number of nitrogens with zero attached hydrogens (tertiary/aromatic N) is 3. The molecule has 0 aromatic heterocycles. The molecule has 1 aromatic rings. The van der Waals surface area contributed by atoms with E-state index in [1.165, 1.54) is 0 Å². The Balaban J connectivity index is 1.45. The maximum Gasteiger partial charge on any atom is 0.251 e. The van der Waals surface area contributed by atoms with Crippen LogP contribution in [0.2, 0.25) is 0 Å². The van der Waals surface area contributed by atoms with Gasteiger partial charge in [0.1, 0.15) is 30.9 Å². The molecule has 4 rings (SSSR count). The third kappa shape index (κ3) is 6.16. The molecule has 1 aromatic carbocycles. The maximum absolute atomic E-state index is 13.7. The normalized spacial score (nSPS) is 25.5. The van der Waals surface area contributed by atoms with Gasteiger partial charge in [-0.25, -0.2) is 0 Å². The van der Waals surface area contributed by atoms with E-state index in [1.54, 1.807) is 12.0 Å². The van der Waals surface area contributed by atoms with Crippen LogP contribution in [-0.2, 0) is 19.1 Å². The zero-order valence-corrected chi connectivity index (χ0v) is 23.0. The standard InChI is InChI=1S/C28H42N4O5/c1-18(2)30-11-13-31(14-12-30)20-9-7-19(8-10-20)26(34)29-21(15-28(3,4)5)27(35)32-16-23(36-6)25-24(32)22(33)17-37-25/h7-10,18,21,23-25H,11-17H2,1-6H3,(H,29,34)/t21?,23-,24+,25+/m0/s1. The molecule has 3 fully saturated rings. The summed E-state index contributed by atoms with van der Waals surface area (Å²) in [6.07, 6.45) is -0.375. The Morgan fingerprint density at radius 1 is 1.11 bits per heavy atom. The van der Waals surface area contributed by atoms with Crippen molar-refractivity contribution < 1.29 is 23.9 Å². The number of benzene rings is 1. The molecule has 204 valence electrons. The fourth-order valence-electron chi connectivity index (χ4n) is 5.62. The van der Waals surface area contributed by atoms with Crippen molar-refractivity contribution in [2.45, 2.75) is 71.4 Å². The maximum atomic E-state index is 13.7. The molecule has 0 saturated carbocycles. The summed E-state index contributed by atoms with van der Waals surface area (Å²) in [6, 6.07) is 6.71. The summed E-state index contributed by atoms with van der Waals surface area (Å²) in [6.45, 7) is 14.7. The zero-order valence-electron chi connectivity index (χ0n) is 23.0. The number of hydrogen-bond donors (Lipinski definition) is 1. The number of piperazine rings is 1. The highest BCUT2D eigenvalue weighted by Gasteiger charge is 2.53. The highest BCUT2D eigenvalue weighted by Crippen LogP contribution is 2.31. The van der Waals surface area contributed by atoms with E-state index in [4.69, 9.17) is 9.47 Å². The van der Waals surface area contributed by atoms with Gasteiger partial charge in [-0.05, 0) is 49.9 Å². The molecule has 4 atom stereocenters. The lowest BCUT2D eigenvalue weighted by Crippen LogP contribution is -2.53. The molecule has 0 aliphatic carbocycles. The number of hydrogen-bond acceptors (Lipinski definition) is 7. The Bertz CT molecular complexity index is 981. The quantitative estimate of drug-likeness (QED) is 0.595. The number of amides is 2. The van der Waals surface area contributed by atoms with Crippen molar-refractivity contribution in [3.8, 4) is 0 Å². The summed E-state index contributed by atoms with van der Waals surface area (Å²) >= 11 is 0. The summed E-state index contributed by atoms with van der Waals surface area (Å²) in [7, 11) is 1.56. The van der Waals surface area contributed by atoms with Crippen molar-refractivity contribution in [1.29, 1.82) is 0 Å². The SMILES string of the molecule is CO[C@H]1CN(C(=O)C(CC(C)(C)C)NC(=O)c2ccc(N3CCN(C(C)C)CC3)cc2)[C@@H]2C(=O)CO[C@H]12. The summed E-state index contributed by atoms with van der Waals surface area (Å²) < 4.78 is 11.1. The lowest BCUT2D eigenvalue weighted by molar-refractivity contribution is -0.138. The molecular formula is C28H42N4O5. The molecule has 0 spiro atoms. The van der Waals surface area contributed by atoms with E-state index in [0.29, 0.717) is 18.0 Å². The van der Waals surface area contributed by atoms with Crippen molar-refractivity contribution >= 4 is 23.3 Å². The minimum atomic E-state index is -0.763. The van der Waals surface area contributed by atoms with E-state index in [1.807, 2.05) is 45.0 Å². The van der Waals surface area contributed by atoms with Gasteiger partial charge in [-0.1, -0.05) is 20.8 Å². The van der Waals surface area contributed by atoms with Gasteiger partial charge in [0.15, 0.2) is 5.78 Å². The van der Waals surface area contributed by atoms with E-state index < -0.39 is 18.2 Å². The van der Waals surface area contributed by atoms with Crippen LogP contribution in [0.15, 0.2) is 24.3 Å². The van der Waals surface area contributed by atoms with Gasteiger partial charge in [0.2, 0.25) is 5.91 Å². The van der Waals surface area contributed by atoms with Gasteiger partial charge < -0.3 is 24.6 Å². The van der Waals surface area contributed by atoms with Crippen LogP contribution in [0.4, 0.5) is 5.69 Å². The van der Waals surface area contributed by atoms with E-state index >= 15 is 0 Å². The van der Waals surface area contributed by atoms with Gasteiger partial charge in [-0.15, -0.1) is 0 Å². The van der Waals surface area contributed by atoms with Crippen LogP contribution in [0, 0.1) is 5.41 Å². The number of carbonyl (C=O) groups excluding carboxylic acids is 3. The lowest BCUT2D eigenvalue weighted by atomic mass is 9.87. The Morgan fingerprint density at radius 2 is 1.76 bits per heavy atom. The van der Waals surface area contributed by atoms with Crippen molar-refractivity contribution in [3.63, 3.8) is 0 Å². The van der Waals surface area contributed by atoms with Crippen LogP contribution >= 0.6 is 0 Å². The monoisotopic (exact) mass is 514 g/mol. The highest BCUT2D eigenvalue weighted by atomic mass is 16.5. The first kappa shape index (κ1) is 27.5. The minimum Gasteiger partial charge on any atom is -0.377 e. The van der Waals surface area contributed by atoms with Crippen molar-refractivity contribution in [1.82, 2.24) is 15.1 Å². The van der Waals surface area contributed by atoms with E-state index in [2.05, 4.69) is 29.0 Å². The number of ether oxygens (including phenoxy) is 2. The molecule has 3 heterocycles. The van der Waals surface area contributed by atoms with Gasteiger partial charge in [-0.3, -0.25) is 19.3 Å². The number of Topliss-reactive ketones (excluding diaryl/α,β-unsaturated/α-hetero) is 1. The Hall–Kier alpha value is -2.49. The Kier molecular flexibility index (Phi) is 8.26. The van der Waals surface area contributed by atoms with E-state index in [9.17, 15) is 14.4 Å². The first-order chi connectivity index (χ1) is 17.5. The summed E-state index contributed by atoms with van der Waals surface area (Å²) in [5.41, 5.74) is 1.38. The zero-order chi connectivity index (χ0) is 26.9. The molecule has 3 aliphatic heterocycles. The number of likely N-dealkylation sites (tertiary alicyclic amines) is 1. The van der Waals surface area contributed by atoms with Gasteiger partial charge >= 0.3 is 0 Å². The molecule has 37 heavy (non-hydrogen) atoms. The predicted octanol–water partition coefficient (Wildman–Crippen LogP) is 1.95.